The maximum atomic E-state index is 12.4. The highest BCUT2D eigenvalue weighted by Crippen LogP contribution is 2.35. The zero-order valence-corrected chi connectivity index (χ0v) is 13.3. The molecule has 1 saturated heterocycles. The smallest absolute Gasteiger partial charge is 0.321 e. The molecule has 0 bridgehead atoms. The molecule has 0 aromatic heterocycles. The van der Waals surface area contributed by atoms with E-state index >= 15 is 0 Å². The Balaban J connectivity index is 2.13. The lowest BCUT2D eigenvalue weighted by atomic mass is 9.74. The van der Waals surface area contributed by atoms with Crippen molar-refractivity contribution in [1.82, 2.24) is 5.32 Å². The molecule has 1 N–H and O–H groups in total. The van der Waals surface area contributed by atoms with Gasteiger partial charge >= 0.3 is 5.97 Å². The molecule has 0 aliphatic carbocycles. The highest BCUT2D eigenvalue weighted by atomic mass is 16.5. The zero-order valence-electron chi connectivity index (χ0n) is 13.3. The SMILES string of the molecule is COC(=O)[C@@]1(CCc2ccc(OC)cc2)CC[C@H](C)NC1=O. The van der Waals surface area contributed by atoms with Crippen LogP contribution in [0.1, 0.15) is 31.7 Å². The first-order valence-corrected chi connectivity index (χ1v) is 7.54. The van der Waals surface area contributed by atoms with Crippen LogP contribution < -0.4 is 10.1 Å². The third kappa shape index (κ3) is 3.24. The van der Waals surface area contributed by atoms with E-state index in [0.29, 0.717) is 19.3 Å². The number of amides is 1. The summed E-state index contributed by atoms with van der Waals surface area (Å²) in [5.41, 5.74) is -0.00299. The van der Waals surface area contributed by atoms with Crippen molar-refractivity contribution in [2.45, 2.75) is 38.6 Å². The minimum absolute atomic E-state index is 0.103. The maximum absolute atomic E-state index is 12.4. The van der Waals surface area contributed by atoms with Gasteiger partial charge in [0.05, 0.1) is 14.2 Å². The minimum atomic E-state index is -1.07. The van der Waals surface area contributed by atoms with Crippen LogP contribution in [0, 0.1) is 5.41 Å². The Bertz CT molecular complexity index is 540. The van der Waals surface area contributed by atoms with E-state index in [1.807, 2.05) is 31.2 Å². The molecule has 0 radical (unpaired) electrons. The molecular weight excluding hydrogens is 282 g/mol. The number of piperidine rings is 1. The van der Waals surface area contributed by atoms with E-state index in [1.165, 1.54) is 7.11 Å². The summed E-state index contributed by atoms with van der Waals surface area (Å²) in [6, 6.07) is 7.76. The van der Waals surface area contributed by atoms with Crippen LogP contribution in [0.4, 0.5) is 0 Å². The van der Waals surface area contributed by atoms with Crippen LogP contribution >= 0.6 is 0 Å². The Kier molecular flexibility index (Phi) is 5.06. The summed E-state index contributed by atoms with van der Waals surface area (Å²) in [5, 5.41) is 2.88. The molecule has 22 heavy (non-hydrogen) atoms. The van der Waals surface area contributed by atoms with Gasteiger partial charge in [-0.25, -0.2) is 0 Å². The lowest BCUT2D eigenvalue weighted by molar-refractivity contribution is -0.162. The van der Waals surface area contributed by atoms with Crippen molar-refractivity contribution >= 4 is 11.9 Å². The van der Waals surface area contributed by atoms with E-state index < -0.39 is 11.4 Å². The summed E-state index contributed by atoms with van der Waals surface area (Å²) in [4.78, 5) is 24.6. The number of hydrogen-bond acceptors (Lipinski definition) is 4. The van der Waals surface area contributed by atoms with Gasteiger partial charge < -0.3 is 14.8 Å². The van der Waals surface area contributed by atoms with Crippen LogP contribution in [-0.4, -0.2) is 32.1 Å². The first-order valence-electron chi connectivity index (χ1n) is 7.54. The van der Waals surface area contributed by atoms with Gasteiger partial charge in [-0.1, -0.05) is 12.1 Å². The Morgan fingerprint density at radius 3 is 2.55 bits per heavy atom. The van der Waals surface area contributed by atoms with Crippen molar-refractivity contribution in [1.29, 1.82) is 0 Å². The molecule has 1 fully saturated rings. The highest BCUT2D eigenvalue weighted by Gasteiger charge is 2.49. The van der Waals surface area contributed by atoms with Gasteiger partial charge in [-0.3, -0.25) is 9.59 Å². The van der Waals surface area contributed by atoms with E-state index in [1.54, 1.807) is 7.11 Å². The summed E-state index contributed by atoms with van der Waals surface area (Å²) in [6.45, 7) is 1.95. The number of hydrogen-bond donors (Lipinski definition) is 1. The molecule has 1 aromatic rings. The number of rotatable bonds is 5. The predicted octanol–water partition coefficient (Wildman–Crippen LogP) is 2.09. The van der Waals surface area contributed by atoms with E-state index in [4.69, 9.17) is 9.47 Å². The number of nitrogens with one attached hydrogen (secondary N) is 1. The van der Waals surface area contributed by atoms with Crippen molar-refractivity contribution < 1.29 is 19.1 Å². The van der Waals surface area contributed by atoms with Crippen molar-refractivity contribution in [3.8, 4) is 5.75 Å². The molecule has 120 valence electrons. The number of carbonyl (C=O) groups is 2. The average Bonchev–Trinajstić information content (AvgIpc) is 2.54. The quantitative estimate of drug-likeness (QED) is 0.668. The molecule has 1 heterocycles. The molecule has 0 unspecified atom stereocenters. The normalized spacial score (nSPS) is 24.5. The second kappa shape index (κ2) is 6.81. The standard InChI is InChI=1S/C17H23NO4/c1-12-8-10-17(15(19)18-12,16(20)22-3)11-9-13-4-6-14(21-2)7-5-13/h4-7,12H,8-11H2,1-3H3,(H,18,19)/t12-,17+/m0/s1. The maximum Gasteiger partial charge on any atom is 0.321 e. The molecule has 2 atom stereocenters. The van der Waals surface area contributed by atoms with Crippen LogP contribution in [0.5, 0.6) is 5.75 Å². The molecule has 1 aromatic carbocycles. The molecule has 0 spiro atoms. The summed E-state index contributed by atoms with van der Waals surface area (Å²) in [5.74, 6) is 0.132. The second-order valence-corrected chi connectivity index (χ2v) is 5.83. The minimum Gasteiger partial charge on any atom is -0.497 e. The molecule has 2 rings (SSSR count). The summed E-state index contributed by atoms with van der Waals surface area (Å²) < 4.78 is 10.0. The summed E-state index contributed by atoms with van der Waals surface area (Å²) in [7, 11) is 2.96. The summed E-state index contributed by atoms with van der Waals surface area (Å²) >= 11 is 0. The summed E-state index contributed by atoms with van der Waals surface area (Å²) in [6.07, 6.45) is 2.40. The molecule has 1 amide bonds. The van der Waals surface area contributed by atoms with Crippen molar-refractivity contribution in [2.75, 3.05) is 14.2 Å². The third-order valence-corrected chi connectivity index (χ3v) is 4.39. The van der Waals surface area contributed by atoms with Gasteiger partial charge in [-0.05, 0) is 50.3 Å². The topological polar surface area (TPSA) is 64.6 Å². The Morgan fingerprint density at radius 1 is 1.32 bits per heavy atom. The van der Waals surface area contributed by atoms with Crippen LogP contribution in [0.15, 0.2) is 24.3 Å². The lowest BCUT2D eigenvalue weighted by Crippen LogP contribution is -2.54. The molecule has 5 nitrogen and oxygen atoms in total. The van der Waals surface area contributed by atoms with Crippen molar-refractivity contribution in [2.24, 2.45) is 5.41 Å². The third-order valence-electron chi connectivity index (χ3n) is 4.39. The predicted molar refractivity (Wildman–Crippen MR) is 82.6 cm³/mol. The number of ether oxygens (including phenoxy) is 2. The zero-order chi connectivity index (χ0) is 16.2. The monoisotopic (exact) mass is 305 g/mol. The van der Waals surface area contributed by atoms with Crippen LogP contribution in [0.25, 0.3) is 0 Å². The van der Waals surface area contributed by atoms with Gasteiger partial charge in [-0.2, -0.15) is 0 Å². The van der Waals surface area contributed by atoms with Crippen LogP contribution in [0.2, 0.25) is 0 Å². The molecule has 0 saturated carbocycles. The number of methoxy groups -OCH3 is 2. The lowest BCUT2D eigenvalue weighted by Gasteiger charge is -2.36. The number of aryl methyl sites for hydroxylation is 1. The first-order chi connectivity index (χ1) is 10.5. The van der Waals surface area contributed by atoms with E-state index in [2.05, 4.69) is 5.32 Å². The fourth-order valence-corrected chi connectivity index (χ4v) is 2.89. The van der Waals surface area contributed by atoms with Gasteiger partial charge in [0.2, 0.25) is 5.91 Å². The second-order valence-electron chi connectivity index (χ2n) is 5.83. The number of carbonyl (C=O) groups excluding carboxylic acids is 2. The van der Waals surface area contributed by atoms with Gasteiger partial charge in [-0.15, -0.1) is 0 Å². The highest BCUT2D eigenvalue weighted by molar-refractivity contribution is 6.03. The van der Waals surface area contributed by atoms with Crippen LogP contribution in [0.3, 0.4) is 0 Å². The van der Waals surface area contributed by atoms with E-state index in [0.717, 1.165) is 17.7 Å². The average molecular weight is 305 g/mol. The van der Waals surface area contributed by atoms with Gasteiger partial charge in [0.15, 0.2) is 0 Å². The number of benzene rings is 1. The Morgan fingerprint density at radius 2 is 2.00 bits per heavy atom. The molecule has 5 heteroatoms. The largest absolute Gasteiger partial charge is 0.497 e. The van der Waals surface area contributed by atoms with E-state index in [-0.39, 0.29) is 11.9 Å². The van der Waals surface area contributed by atoms with Gasteiger partial charge in [0.25, 0.3) is 0 Å². The first kappa shape index (κ1) is 16.3. The molecular formula is C17H23NO4. The number of esters is 1. The van der Waals surface area contributed by atoms with Gasteiger partial charge in [0, 0.05) is 6.04 Å². The Hall–Kier alpha value is -2.04. The van der Waals surface area contributed by atoms with Gasteiger partial charge in [0.1, 0.15) is 11.2 Å². The van der Waals surface area contributed by atoms with Crippen molar-refractivity contribution in [3.63, 3.8) is 0 Å². The fraction of sp³-hybridized carbons (Fsp3) is 0.529. The fourth-order valence-electron chi connectivity index (χ4n) is 2.89. The molecule has 1 aliphatic heterocycles. The van der Waals surface area contributed by atoms with Crippen LogP contribution in [-0.2, 0) is 20.7 Å². The Labute approximate surface area is 131 Å². The van der Waals surface area contributed by atoms with E-state index in [9.17, 15) is 9.59 Å². The van der Waals surface area contributed by atoms with Crippen molar-refractivity contribution in [3.05, 3.63) is 29.8 Å². The molecule has 1 aliphatic rings.